The standard InChI is InChI=1S/C26H28O5/c27-23(28)16-30-22-8-6-21(7-9-22)25-11-19-10-20(12-25)14-26(13-19,17-25)24(29)31-15-18-4-2-1-3-5-18/h1-9,19-20H,10-17H2,(H,27,28). The van der Waals surface area contributed by atoms with Crippen LogP contribution >= 0.6 is 0 Å². The van der Waals surface area contributed by atoms with Gasteiger partial charge in [0, 0.05) is 0 Å². The molecule has 31 heavy (non-hydrogen) atoms. The van der Waals surface area contributed by atoms with Gasteiger partial charge in [0.25, 0.3) is 0 Å². The number of esters is 1. The van der Waals surface area contributed by atoms with Gasteiger partial charge in [-0.3, -0.25) is 4.79 Å². The summed E-state index contributed by atoms with van der Waals surface area (Å²) in [5.74, 6) is 0.673. The van der Waals surface area contributed by atoms with E-state index in [9.17, 15) is 9.59 Å². The van der Waals surface area contributed by atoms with Gasteiger partial charge in [0.05, 0.1) is 5.41 Å². The minimum atomic E-state index is -0.985. The van der Waals surface area contributed by atoms with E-state index in [1.165, 1.54) is 12.0 Å². The number of carboxylic acids is 1. The molecule has 5 heteroatoms. The van der Waals surface area contributed by atoms with E-state index in [0.717, 1.165) is 37.7 Å². The number of hydrogen-bond donors (Lipinski definition) is 1. The zero-order chi connectivity index (χ0) is 21.5. The number of carbonyl (C=O) groups excluding carboxylic acids is 1. The SMILES string of the molecule is O=C(O)COc1ccc(C23CC4CC(CC(C(=O)OCc5ccccc5)(C4)C2)C3)cc1. The van der Waals surface area contributed by atoms with Crippen LogP contribution in [0.2, 0.25) is 0 Å². The van der Waals surface area contributed by atoms with Gasteiger partial charge in [0.1, 0.15) is 12.4 Å². The summed E-state index contributed by atoms with van der Waals surface area (Å²) in [5.41, 5.74) is 1.88. The Hall–Kier alpha value is -2.82. The van der Waals surface area contributed by atoms with Gasteiger partial charge in [0.2, 0.25) is 0 Å². The number of rotatable bonds is 7. The first kappa shape index (κ1) is 20.1. The summed E-state index contributed by atoms with van der Waals surface area (Å²) in [7, 11) is 0. The van der Waals surface area contributed by atoms with Gasteiger partial charge in [-0.15, -0.1) is 0 Å². The summed E-state index contributed by atoms with van der Waals surface area (Å²) in [6.07, 6.45) is 6.18. The topological polar surface area (TPSA) is 72.8 Å². The first-order valence-electron chi connectivity index (χ1n) is 11.1. The molecule has 4 aliphatic carbocycles. The molecular weight excluding hydrogens is 392 g/mol. The highest BCUT2D eigenvalue weighted by molar-refractivity contribution is 5.78. The minimum absolute atomic E-state index is 0.00117. The Bertz CT molecular complexity index is 951. The summed E-state index contributed by atoms with van der Waals surface area (Å²) in [6.45, 7) is -0.00955. The van der Waals surface area contributed by atoms with Crippen LogP contribution in [0.4, 0.5) is 0 Å². The van der Waals surface area contributed by atoms with Crippen molar-refractivity contribution in [2.24, 2.45) is 17.3 Å². The maximum atomic E-state index is 13.3. The zero-order valence-corrected chi connectivity index (χ0v) is 17.6. The van der Waals surface area contributed by atoms with E-state index >= 15 is 0 Å². The minimum Gasteiger partial charge on any atom is -0.482 e. The molecule has 0 aliphatic heterocycles. The van der Waals surface area contributed by atoms with Crippen molar-refractivity contribution in [1.82, 2.24) is 0 Å². The van der Waals surface area contributed by atoms with Crippen LogP contribution in [-0.4, -0.2) is 23.7 Å². The molecule has 6 rings (SSSR count). The number of benzene rings is 2. The molecule has 1 N–H and O–H groups in total. The summed E-state index contributed by atoms with van der Waals surface area (Å²) >= 11 is 0. The van der Waals surface area contributed by atoms with Crippen LogP contribution in [0.1, 0.15) is 49.7 Å². The molecule has 4 bridgehead atoms. The summed E-state index contributed by atoms with van der Waals surface area (Å²) < 4.78 is 11.2. The predicted molar refractivity (Wildman–Crippen MR) is 115 cm³/mol. The molecule has 0 spiro atoms. The second kappa shape index (κ2) is 7.70. The fourth-order valence-corrected chi connectivity index (χ4v) is 6.77. The van der Waals surface area contributed by atoms with Crippen LogP contribution in [0.3, 0.4) is 0 Å². The first-order valence-corrected chi connectivity index (χ1v) is 11.1. The van der Waals surface area contributed by atoms with Crippen molar-refractivity contribution in [3.05, 3.63) is 65.7 Å². The lowest BCUT2D eigenvalue weighted by Gasteiger charge is -2.61. The highest BCUT2D eigenvalue weighted by atomic mass is 16.5. The molecule has 0 saturated heterocycles. The Morgan fingerprint density at radius 3 is 2.26 bits per heavy atom. The van der Waals surface area contributed by atoms with E-state index in [4.69, 9.17) is 14.6 Å². The number of aliphatic carboxylic acids is 1. The van der Waals surface area contributed by atoms with Crippen LogP contribution < -0.4 is 4.74 Å². The van der Waals surface area contributed by atoms with Crippen molar-refractivity contribution in [2.75, 3.05) is 6.61 Å². The molecule has 0 heterocycles. The van der Waals surface area contributed by atoms with Crippen LogP contribution in [-0.2, 0) is 26.3 Å². The van der Waals surface area contributed by atoms with Gasteiger partial charge in [-0.05, 0) is 79.0 Å². The zero-order valence-electron chi connectivity index (χ0n) is 17.6. The Labute approximate surface area is 182 Å². The average Bonchev–Trinajstić information content (AvgIpc) is 2.76. The van der Waals surface area contributed by atoms with Gasteiger partial charge < -0.3 is 14.6 Å². The second-order valence-corrected chi connectivity index (χ2v) is 9.79. The average molecular weight is 421 g/mol. The Morgan fingerprint density at radius 2 is 1.61 bits per heavy atom. The molecule has 162 valence electrons. The largest absolute Gasteiger partial charge is 0.482 e. The fraction of sp³-hybridized carbons (Fsp3) is 0.462. The maximum Gasteiger partial charge on any atom is 0.341 e. The lowest BCUT2D eigenvalue weighted by atomic mass is 9.43. The molecular formula is C26H28O5. The molecule has 0 aromatic heterocycles. The number of carbonyl (C=O) groups is 2. The van der Waals surface area contributed by atoms with Crippen LogP contribution in [0.5, 0.6) is 5.75 Å². The molecule has 4 saturated carbocycles. The third kappa shape index (κ3) is 3.82. The molecule has 0 amide bonds. The molecule has 2 atom stereocenters. The number of ether oxygens (including phenoxy) is 2. The van der Waals surface area contributed by atoms with E-state index in [0.29, 0.717) is 24.2 Å². The molecule has 2 aromatic carbocycles. The van der Waals surface area contributed by atoms with Crippen molar-refractivity contribution in [1.29, 1.82) is 0 Å². The predicted octanol–water partition coefficient (Wildman–Crippen LogP) is 4.73. The van der Waals surface area contributed by atoms with Crippen molar-refractivity contribution in [3.8, 4) is 5.75 Å². The normalized spacial score (nSPS) is 30.7. The van der Waals surface area contributed by atoms with Crippen molar-refractivity contribution in [2.45, 2.75) is 50.5 Å². The highest BCUT2D eigenvalue weighted by Crippen LogP contribution is 2.66. The van der Waals surface area contributed by atoms with E-state index in [2.05, 4.69) is 12.1 Å². The lowest BCUT2D eigenvalue weighted by molar-refractivity contribution is -0.175. The van der Waals surface area contributed by atoms with Crippen molar-refractivity contribution >= 4 is 11.9 Å². The summed E-state index contributed by atoms with van der Waals surface area (Å²) in [5, 5.41) is 8.81. The Kier molecular flexibility index (Phi) is 4.99. The summed E-state index contributed by atoms with van der Waals surface area (Å²) in [4.78, 5) is 24.1. The molecule has 4 aliphatic rings. The van der Waals surface area contributed by atoms with Crippen molar-refractivity contribution in [3.63, 3.8) is 0 Å². The van der Waals surface area contributed by atoms with Crippen LogP contribution in [0.15, 0.2) is 54.6 Å². The van der Waals surface area contributed by atoms with E-state index < -0.39 is 5.97 Å². The van der Waals surface area contributed by atoms with Gasteiger partial charge in [0.15, 0.2) is 6.61 Å². The molecule has 2 aromatic rings. The van der Waals surface area contributed by atoms with Crippen molar-refractivity contribution < 1.29 is 24.2 Å². The quantitative estimate of drug-likeness (QED) is 0.656. The smallest absolute Gasteiger partial charge is 0.341 e. The summed E-state index contributed by atoms with van der Waals surface area (Å²) in [6, 6.07) is 17.7. The molecule has 4 fully saturated rings. The Balaban J connectivity index is 1.35. The van der Waals surface area contributed by atoms with Crippen LogP contribution in [0, 0.1) is 17.3 Å². The maximum absolute atomic E-state index is 13.3. The van der Waals surface area contributed by atoms with Gasteiger partial charge in [-0.2, -0.15) is 0 Å². The van der Waals surface area contributed by atoms with E-state index in [1.807, 2.05) is 42.5 Å². The Morgan fingerprint density at radius 1 is 0.935 bits per heavy atom. The van der Waals surface area contributed by atoms with Gasteiger partial charge >= 0.3 is 11.9 Å². The molecule has 5 nitrogen and oxygen atoms in total. The second-order valence-electron chi connectivity index (χ2n) is 9.79. The molecule has 0 radical (unpaired) electrons. The highest BCUT2D eigenvalue weighted by Gasteiger charge is 2.61. The number of carboxylic acid groups (broad SMARTS) is 1. The van der Waals surface area contributed by atoms with Crippen LogP contribution in [0.25, 0.3) is 0 Å². The van der Waals surface area contributed by atoms with E-state index in [-0.39, 0.29) is 23.4 Å². The van der Waals surface area contributed by atoms with Gasteiger partial charge in [-0.1, -0.05) is 42.5 Å². The lowest BCUT2D eigenvalue weighted by Crippen LogP contribution is -2.57. The monoisotopic (exact) mass is 420 g/mol. The van der Waals surface area contributed by atoms with E-state index in [1.54, 1.807) is 0 Å². The first-order chi connectivity index (χ1) is 15.0. The number of hydrogen-bond acceptors (Lipinski definition) is 4. The fourth-order valence-electron chi connectivity index (χ4n) is 6.77. The van der Waals surface area contributed by atoms with Gasteiger partial charge in [-0.25, -0.2) is 4.79 Å². The third-order valence-electron chi connectivity index (χ3n) is 7.54. The molecule has 2 unspecified atom stereocenters. The third-order valence-corrected chi connectivity index (χ3v) is 7.54.